The van der Waals surface area contributed by atoms with Gasteiger partial charge in [0.1, 0.15) is 0 Å². The van der Waals surface area contributed by atoms with Crippen molar-refractivity contribution in [1.82, 2.24) is 25.0 Å². The van der Waals surface area contributed by atoms with Crippen LogP contribution < -0.4 is 0 Å². The molecular weight excluding hydrogens is 226 g/mol. The first-order valence-electron chi connectivity index (χ1n) is 5.17. The van der Waals surface area contributed by atoms with Gasteiger partial charge in [-0.05, 0) is 13.3 Å². The normalized spacial score (nSPS) is 11.1. The van der Waals surface area contributed by atoms with Gasteiger partial charge in [-0.3, -0.25) is 0 Å². The van der Waals surface area contributed by atoms with Crippen molar-refractivity contribution < 1.29 is 4.74 Å². The zero-order valence-electron chi connectivity index (χ0n) is 9.01. The lowest BCUT2D eigenvalue weighted by Gasteiger charge is -2.02. The number of aromatic nitrogens is 5. The van der Waals surface area contributed by atoms with E-state index in [2.05, 4.69) is 20.3 Å². The second-order valence-corrected chi connectivity index (χ2v) is 3.65. The Bertz CT molecular complexity index is 520. The molecule has 0 bridgehead atoms. The van der Waals surface area contributed by atoms with Crippen LogP contribution in [0, 0.1) is 4.64 Å². The lowest BCUT2D eigenvalue weighted by Crippen LogP contribution is -2.05. The lowest BCUT2D eigenvalue weighted by atomic mass is 10.4. The Hall–Kier alpha value is -1.34. The Labute approximate surface area is 97.6 Å². The van der Waals surface area contributed by atoms with Gasteiger partial charge in [-0.25, -0.2) is 9.67 Å². The van der Waals surface area contributed by atoms with Crippen LogP contribution in [-0.2, 0) is 11.3 Å². The molecule has 7 heteroatoms. The maximum absolute atomic E-state index is 5.26. The van der Waals surface area contributed by atoms with E-state index in [1.165, 1.54) is 0 Å². The SMILES string of the molecule is CCOCCCn1nnc2c(=S)nc[nH]c21. The first kappa shape index (κ1) is 11.2. The van der Waals surface area contributed by atoms with Crippen molar-refractivity contribution in [3.8, 4) is 0 Å². The predicted molar refractivity (Wildman–Crippen MR) is 61.6 cm³/mol. The molecule has 6 nitrogen and oxygen atoms in total. The van der Waals surface area contributed by atoms with Crippen LogP contribution in [0.5, 0.6) is 0 Å². The highest BCUT2D eigenvalue weighted by Gasteiger charge is 2.05. The molecule has 2 aromatic rings. The van der Waals surface area contributed by atoms with Crippen molar-refractivity contribution in [2.45, 2.75) is 19.9 Å². The van der Waals surface area contributed by atoms with E-state index in [9.17, 15) is 0 Å². The molecule has 2 aromatic heterocycles. The topological polar surface area (TPSA) is 68.6 Å². The third-order valence-corrected chi connectivity index (χ3v) is 2.48. The van der Waals surface area contributed by atoms with Crippen molar-refractivity contribution in [2.24, 2.45) is 0 Å². The van der Waals surface area contributed by atoms with Crippen molar-refractivity contribution in [3.05, 3.63) is 11.0 Å². The summed E-state index contributed by atoms with van der Waals surface area (Å²) in [6.07, 6.45) is 2.46. The molecule has 2 rings (SSSR count). The number of nitrogens with zero attached hydrogens (tertiary/aromatic N) is 4. The van der Waals surface area contributed by atoms with Gasteiger partial charge < -0.3 is 9.72 Å². The Balaban J connectivity index is 2.13. The predicted octanol–water partition coefficient (Wildman–Crippen LogP) is 1.31. The first-order valence-corrected chi connectivity index (χ1v) is 5.58. The van der Waals surface area contributed by atoms with Gasteiger partial charge in [-0.2, -0.15) is 0 Å². The minimum Gasteiger partial charge on any atom is -0.382 e. The van der Waals surface area contributed by atoms with Crippen molar-refractivity contribution in [2.75, 3.05) is 13.2 Å². The maximum Gasteiger partial charge on any atom is 0.166 e. The molecule has 0 aliphatic carbocycles. The van der Waals surface area contributed by atoms with Crippen LogP contribution in [0.3, 0.4) is 0 Å². The molecule has 0 amide bonds. The fraction of sp³-hybridized carbons (Fsp3) is 0.556. The summed E-state index contributed by atoms with van der Waals surface area (Å²) in [6.45, 7) is 4.20. The molecule has 0 aliphatic heterocycles. The van der Waals surface area contributed by atoms with Crippen LogP contribution >= 0.6 is 12.2 Å². The van der Waals surface area contributed by atoms with E-state index in [4.69, 9.17) is 17.0 Å². The highest BCUT2D eigenvalue weighted by molar-refractivity contribution is 7.71. The van der Waals surface area contributed by atoms with Gasteiger partial charge in [-0.1, -0.05) is 17.4 Å². The molecule has 2 heterocycles. The molecule has 0 aliphatic rings. The number of H-pyrrole nitrogens is 1. The van der Waals surface area contributed by atoms with E-state index in [0.29, 0.717) is 10.2 Å². The Kier molecular flexibility index (Phi) is 3.58. The molecule has 1 N–H and O–H groups in total. The van der Waals surface area contributed by atoms with Crippen LogP contribution in [-0.4, -0.2) is 38.2 Å². The fourth-order valence-corrected chi connectivity index (χ4v) is 1.62. The van der Waals surface area contributed by atoms with Gasteiger partial charge in [0.25, 0.3) is 0 Å². The summed E-state index contributed by atoms with van der Waals surface area (Å²) >= 11 is 5.05. The monoisotopic (exact) mass is 239 g/mol. The third kappa shape index (κ3) is 2.25. The first-order chi connectivity index (χ1) is 7.83. The number of hydrogen-bond donors (Lipinski definition) is 1. The quantitative estimate of drug-likeness (QED) is 0.629. The summed E-state index contributed by atoms with van der Waals surface area (Å²) < 4.78 is 7.52. The zero-order valence-corrected chi connectivity index (χ0v) is 9.83. The van der Waals surface area contributed by atoms with E-state index >= 15 is 0 Å². The van der Waals surface area contributed by atoms with E-state index in [0.717, 1.165) is 31.8 Å². The van der Waals surface area contributed by atoms with Crippen molar-refractivity contribution >= 4 is 23.4 Å². The molecule has 86 valence electrons. The molecule has 0 fully saturated rings. The average Bonchev–Trinajstić information content (AvgIpc) is 2.70. The van der Waals surface area contributed by atoms with Crippen LogP contribution in [0.2, 0.25) is 0 Å². The van der Waals surface area contributed by atoms with Gasteiger partial charge in [0.05, 0.1) is 6.33 Å². The number of ether oxygens (including phenoxy) is 1. The third-order valence-electron chi connectivity index (χ3n) is 2.18. The van der Waals surface area contributed by atoms with E-state index in [1.807, 2.05) is 6.92 Å². The minimum absolute atomic E-state index is 0.477. The summed E-state index contributed by atoms with van der Waals surface area (Å²) in [6, 6.07) is 0. The number of aryl methyl sites for hydroxylation is 1. The zero-order chi connectivity index (χ0) is 11.4. The van der Waals surface area contributed by atoms with Crippen LogP contribution in [0.25, 0.3) is 11.2 Å². The molecule has 16 heavy (non-hydrogen) atoms. The smallest absolute Gasteiger partial charge is 0.166 e. The number of hydrogen-bond acceptors (Lipinski definition) is 5. The largest absolute Gasteiger partial charge is 0.382 e. The van der Waals surface area contributed by atoms with Gasteiger partial charge in [0.2, 0.25) is 0 Å². The number of aromatic amines is 1. The molecule has 0 saturated carbocycles. The second kappa shape index (κ2) is 5.13. The molecule has 0 radical (unpaired) electrons. The van der Waals surface area contributed by atoms with Gasteiger partial charge in [-0.15, -0.1) is 5.10 Å². The molecule has 0 spiro atoms. The summed E-state index contributed by atoms with van der Waals surface area (Å²) in [7, 11) is 0. The summed E-state index contributed by atoms with van der Waals surface area (Å²) in [4.78, 5) is 6.95. The summed E-state index contributed by atoms with van der Waals surface area (Å²) in [5.41, 5.74) is 1.46. The van der Waals surface area contributed by atoms with Gasteiger partial charge in [0.15, 0.2) is 15.8 Å². The Morgan fingerprint density at radius 3 is 3.25 bits per heavy atom. The molecule has 0 saturated heterocycles. The molecule has 0 unspecified atom stereocenters. The lowest BCUT2D eigenvalue weighted by molar-refractivity contribution is 0.141. The average molecular weight is 239 g/mol. The van der Waals surface area contributed by atoms with Crippen LogP contribution in [0.4, 0.5) is 0 Å². The van der Waals surface area contributed by atoms with Crippen molar-refractivity contribution in [1.29, 1.82) is 0 Å². The number of nitrogens with one attached hydrogen (secondary N) is 1. The molecule has 0 atom stereocenters. The van der Waals surface area contributed by atoms with E-state index < -0.39 is 0 Å². The summed E-state index contributed by atoms with van der Waals surface area (Å²) in [5, 5.41) is 8.02. The Morgan fingerprint density at radius 1 is 1.56 bits per heavy atom. The summed E-state index contributed by atoms with van der Waals surface area (Å²) in [5.74, 6) is 0. The highest BCUT2D eigenvalue weighted by Crippen LogP contribution is 2.07. The van der Waals surface area contributed by atoms with Gasteiger partial charge in [0, 0.05) is 19.8 Å². The van der Waals surface area contributed by atoms with E-state index in [-0.39, 0.29) is 0 Å². The van der Waals surface area contributed by atoms with Crippen LogP contribution in [0.1, 0.15) is 13.3 Å². The fourth-order valence-electron chi connectivity index (χ4n) is 1.43. The second-order valence-electron chi connectivity index (χ2n) is 3.27. The number of rotatable bonds is 5. The highest BCUT2D eigenvalue weighted by atomic mass is 32.1. The Morgan fingerprint density at radius 2 is 2.44 bits per heavy atom. The molecule has 0 aromatic carbocycles. The maximum atomic E-state index is 5.26. The minimum atomic E-state index is 0.477. The molecular formula is C9H13N5OS. The van der Waals surface area contributed by atoms with Crippen LogP contribution in [0.15, 0.2) is 6.33 Å². The number of fused-ring (bicyclic) bond motifs is 1. The van der Waals surface area contributed by atoms with Crippen molar-refractivity contribution in [3.63, 3.8) is 0 Å². The van der Waals surface area contributed by atoms with Gasteiger partial charge >= 0.3 is 0 Å². The van der Waals surface area contributed by atoms with E-state index in [1.54, 1.807) is 11.0 Å². The standard InChI is InChI=1S/C9H13N5OS/c1-2-15-5-3-4-14-8-7(12-13-14)9(16)11-6-10-8/h6H,2-5H2,1H3,(H,10,11,16).